The second-order valence-electron chi connectivity index (χ2n) is 3.30. The lowest BCUT2D eigenvalue weighted by Crippen LogP contribution is -2.21. The van der Waals surface area contributed by atoms with Crippen molar-refractivity contribution >= 4 is 0 Å². The molecule has 0 bridgehead atoms. The topological polar surface area (TPSA) is 21.9 Å². The molecule has 1 heterocycles. The lowest BCUT2D eigenvalue weighted by molar-refractivity contribution is 0.875. The molecule has 0 saturated carbocycles. The molecule has 1 N–H and O–H groups in total. The van der Waals surface area contributed by atoms with Gasteiger partial charge in [-0.1, -0.05) is 48.6 Å². The summed E-state index contributed by atoms with van der Waals surface area (Å²) in [5.74, 6) is 0. The fourth-order valence-electron chi connectivity index (χ4n) is 1.97. The first-order chi connectivity index (χ1) is 5.37. The predicted molar refractivity (Wildman–Crippen MR) is 45.2 cm³/mol. The maximum atomic E-state index is 3.47. The van der Waals surface area contributed by atoms with Gasteiger partial charge >= 0.3 is 0 Å². The summed E-state index contributed by atoms with van der Waals surface area (Å²) in [6.07, 6.45) is 17.3. The Bertz CT molecular complexity index is 262. The SMILES string of the molecule is C1=CC23C=CC=CC2(C=C1)N3. The third-order valence-electron chi connectivity index (χ3n) is 2.69. The van der Waals surface area contributed by atoms with E-state index in [9.17, 15) is 0 Å². The molecule has 1 heteroatoms. The van der Waals surface area contributed by atoms with Crippen molar-refractivity contribution in [2.24, 2.45) is 0 Å². The summed E-state index contributed by atoms with van der Waals surface area (Å²) in [5, 5.41) is 3.47. The van der Waals surface area contributed by atoms with E-state index in [0.717, 1.165) is 0 Å². The van der Waals surface area contributed by atoms with Gasteiger partial charge in [0.05, 0.1) is 11.1 Å². The first-order valence-corrected chi connectivity index (χ1v) is 3.90. The fourth-order valence-corrected chi connectivity index (χ4v) is 1.97. The van der Waals surface area contributed by atoms with Crippen LogP contribution in [0, 0.1) is 0 Å². The zero-order valence-electron chi connectivity index (χ0n) is 6.12. The second kappa shape index (κ2) is 1.41. The predicted octanol–water partition coefficient (Wildman–Crippen LogP) is 1.32. The van der Waals surface area contributed by atoms with Gasteiger partial charge in [0, 0.05) is 0 Å². The van der Waals surface area contributed by atoms with Gasteiger partial charge in [-0.3, -0.25) is 5.32 Å². The van der Waals surface area contributed by atoms with E-state index in [1.54, 1.807) is 0 Å². The molecule has 0 amide bonds. The molecule has 0 atom stereocenters. The van der Waals surface area contributed by atoms with E-state index in [1.165, 1.54) is 0 Å². The van der Waals surface area contributed by atoms with E-state index in [0.29, 0.717) is 0 Å². The molecule has 0 aromatic carbocycles. The minimum Gasteiger partial charge on any atom is -0.288 e. The zero-order chi connectivity index (χ0) is 7.36. The molecular formula is C10H9N. The molecule has 2 aliphatic carbocycles. The normalized spacial score (nSPS) is 48.7. The molecular weight excluding hydrogens is 134 g/mol. The van der Waals surface area contributed by atoms with Crippen LogP contribution in [-0.2, 0) is 0 Å². The highest BCUT2D eigenvalue weighted by Gasteiger charge is 2.62. The highest BCUT2D eigenvalue weighted by Crippen LogP contribution is 2.47. The summed E-state index contributed by atoms with van der Waals surface area (Å²) in [4.78, 5) is 0. The summed E-state index contributed by atoms with van der Waals surface area (Å²) in [5.41, 5.74) is 0.271. The first kappa shape index (κ1) is 5.56. The van der Waals surface area contributed by atoms with E-state index >= 15 is 0 Å². The van der Waals surface area contributed by atoms with Crippen LogP contribution in [-0.4, -0.2) is 11.1 Å². The fraction of sp³-hybridized carbons (Fsp3) is 0.200. The zero-order valence-corrected chi connectivity index (χ0v) is 6.12. The standard InChI is InChI=1S/C10H9N/c1-2-6-10-8-4-3-7-9(10,5-1)11-10/h1-8,11H. The average molecular weight is 143 g/mol. The second-order valence-corrected chi connectivity index (χ2v) is 3.30. The highest BCUT2D eigenvalue weighted by molar-refractivity contribution is 5.58. The Hall–Kier alpha value is -1.08. The van der Waals surface area contributed by atoms with E-state index < -0.39 is 0 Å². The van der Waals surface area contributed by atoms with Crippen molar-refractivity contribution in [3.8, 4) is 0 Å². The van der Waals surface area contributed by atoms with Crippen LogP contribution in [0.4, 0.5) is 0 Å². The first-order valence-electron chi connectivity index (χ1n) is 3.90. The van der Waals surface area contributed by atoms with E-state index in [-0.39, 0.29) is 11.1 Å². The summed E-state index contributed by atoms with van der Waals surface area (Å²) < 4.78 is 0. The van der Waals surface area contributed by atoms with Crippen LogP contribution in [0.3, 0.4) is 0 Å². The highest BCUT2D eigenvalue weighted by atomic mass is 15.3. The molecule has 0 unspecified atom stereocenters. The lowest BCUT2D eigenvalue weighted by Gasteiger charge is -2.15. The van der Waals surface area contributed by atoms with E-state index in [1.807, 2.05) is 0 Å². The van der Waals surface area contributed by atoms with Crippen LogP contribution in [0.25, 0.3) is 0 Å². The van der Waals surface area contributed by atoms with Gasteiger partial charge < -0.3 is 0 Å². The number of hydrogen-bond acceptors (Lipinski definition) is 1. The van der Waals surface area contributed by atoms with Crippen molar-refractivity contribution in [3.63, 3.8) is 0 Å². The largest absolute Gasteiger partial charge is 0.288 e. The third-order valence-corrected chi connectivity index (χ3v) is 2.69. The van der Waals surface area contributed by atoms with E-state index in [4.69, 9.17) is 0 Å². The summed E-state index contributed by atoms with van der Waals surface area (Å²) in [7, 11) is 0. The Morgan fingerprint density at radius 1 is 0.636 bits per heavy atom. The summed E-state index contributed by atoms with van der Waals surface area (Å²) in [6.45, 7) is 0. The quantitative estimate of drug-likeness (QED) is 0.507. The number of nitrogens with one attached hydrogen (secondary N) is 1. The molecule has 1 fully saturated rings. The molecule has 54 valence electrons. The maximum absolute atomic E-state index is 3.47. The molecule has 0 aromatic heterocycles. The van der Waals surface area contributed by atoms with Crippen LogP contribution in [0.15, 0.2) is 48.6 Å². The van der Waals surface area contributed by atoms with Crippen LogP contribution in [0.2, 0.25) is 0 Å². The Morgan fingerprint density at radius 2 is 1.00 bits per heavy atom. The smallest absolute Gasteiger partial charge is 0.0824 e. The van der Waals surface area contributed by atoms with Crippen molar-refractivity contribution in [1.82, 2.24) is 5.32 Å². The number of hydrogen-bond donors (Lipinski definition) is 1. The molecule has 1 nitrogen and oxygen atoms in total. The third kappa shape index (κ3) is 0.477. The number of rotatable bonds is 0. The van der Waals surface area contributed by atoms with Crippen molar-refractivity contribution in [2.45, 2.75) is 11.1 Å². The van der Waals surface area contributed by atoms with Gasteiger partial charge in [-0.2, -0.15) is 0 Å². The van der Waals surface area contributed by atoms with Crippen molar-refractivity contribution < 1.29 is 0 Å². The average Bonchev–Trinajstić information content (AvgIpc) is 2.72. The molecule has 0 radical (unpaired) electrons. The van der Waals surface area contributed by atoms with Crippen LogP contribution in [0.1, 0.15) is 0 Å². The van der Waals surface area contributed by atoms with Gasteiger partial charge in [0.25, 0.3) is 0 Å². The molecule has 0 spiro atoms. The summed E-state index contributed by atoms with van der Waals surface area (Å²) in [6, 6.07) is 0. The van der Waals surface area contributed by atoms with Gasteiger partial charge in [-0.05, 0) is 0 Å². The Kier molecular flexibility index (Phi) is 0.712. The monoisotopic (exact) mass is 143 g/mol. The maximum Gasteiger partial charge on any atom is 0.0824 e. The Labute approximate surface area is 65.8 Å². The molecule has 3 rings (SSSR count). The van der Waals surface area contributed by atoms with Crippen molar-refractivity contribution in [3.05, 3.63) is 48.6 Å². The van der Waals surface area contributed by atoms with Gasteiger partial charge in [0.1, 0.15) is 0 Å². The summed E-state index contributed by atoms with van der Waals surface area (Å²) >= 11 is 0. The molecule has 11 heavy (non-hydrogen) atoms. The van der Waals surface area contributed by atoms with Crippen LogP contribution >= 0.6 is 0 Å². The molecule has 3 aliphatic rings. The minimum atomic E-state index is 0.135. The number of allylic oxidation sites excluding steroid dienone is 4. The van der Waals surface area contributed by atoms with Crippen LogP contribution in [0.5, 0.6) is 0 Å². The van der Waals surface area contributed by atoms with Gasteiger partial charge in [0.15, 0.2) is 0 Å². The lowest BCUT2D eigenvalue weighted by atomic mass is 9.85. The van der Waals surface area contributed by atoms with Gasteiger partial charge in [-0.25, -0.2) is 0 Å². The van der Waals surface area contributed by atoms with Crippen molar-refractivity contribution in [1.29, 1.82) is 0 Å². The van der Waals surface area contributed by atoms with Crippen LogP contribution < -0.4 is 5.32 Å². The van der Waals surface area contributed by atoms with Gasteiger partial charge in [0.2, 0.25) is 0 Å². The van der Waals surface area contributed by atoms with Crippen molar-refractivity contribution in [2.75, 3.05) is 0 Å². The Morgan fingerprint density at radius 3 is 1.36 bits per heavy atom. The van der Waals surface area contributed by atoms with E-state index in [2.05, 4.69) is 53.9 Å². The molecule has 1 aliphatic heterocycles. The Balaban J connectivity index is 2.19. The minimum absolute atomic E-state index is 0.135. The van der Waals surface area contributed by atoms with Gasteiger partial charge in [-0.15, -0.1) is 0 Å². The molecule has 1 saturated heterocycles. The molecule has 0 aromatic rings.